The summed E-state index contributed by atoms with van der Waals surface area (Å²) in [5.74, 6) is 0.793. The van der Waals surface area contributed by atoms with E-state index in [0.29, 0.717) is 12.2 Å². The van der Waals surface area contributed by atoms with Crippen LogP contribution in [0.1, 0.15) is 42.1 Å². The van der Waals surface area contributed by atoms with Crippen molar-refractivity contribution in [2.75, 3.05) is 0 Å². The van der Waals surface area contributed by atoms with E-state index in [1.54, 1.807) is 0 Å². The van der Waals surface area contributed by atoms with Gasteiger partial charge < -0.3 is 4.74 Å². The fourth-order valence-corrected chi connectivity index (χ4v) is 2.37. The number of alkyl halides is 3. The largest absolute Gasteiger partial charge is 0.490 e. The van der Waals surface area contributed by atoms with Crippen LogP contribution in [0.3, 0.4) is 0 Å². The molecule has 19 heavy (non-hydrogen) atoms. The lowest BCUT2D eigenvalue weighted by molar-refractivity contribution is -0.137. The van der Waals surface area contributed by atoms with Gasteiger partial charge in [0.1, 0.15) is 5.75 Å². The van der Waals surface area contributed by atoms with Crippen molar-refractivity contribution >= 4 is 6.29 Å². The molecule has 104 valence electrons. The number of carbonyl (C=O) groups excluding carboxylic acids is 1. The Balaban J connectivity index is 2.19. The van der Waals surface area contributed by atoms with E-state index in [1.807, 2.05) is 0 Å². The van der Waals surface area contributed by atoms with E-state index in [9.17, 15) is 18.0 Å². The normalized spacial score (nSPS) is 23.4. The van der Waals surface area contributed by atoms with Gasteiger partial charge >= 0.3 is 6.18 Å². The Hall–Kier alpha value is -1.52. The molecule has 1 fully saturated rings. The van der Waals surface area contributed by atoms with Crippen LogP contribution in [0.4, 0.5) is 13.2 Å². The van der Waals surface area contributed by atoms with Crippen molar-refractivity contribution in [3.05, 3.63) is 29.3 Å². The molecule has 0 aliphatic heterocycles. The van der Waals surface area contributed by atoms with Crippen LogP contribution < -0.4 is 4.74 Å². The number of hydrogen-bond donors (Lipinski definition) is 0. The van der Waals surface area contributed by atoms with Gasteiger partial charge in [0.05, 0.1) is 17.2 Å². The summed E-state index contributed by atoms with van der Waals surface area (Å²) < 4.78 is 43.2. The molecule has 0 amide bonds. The Bertz CT molecular complexity index is 468. The molecule has 1 aromatic carbocycles. The van der Waals surface area contributed by atoms with E-state index in [2.05, 4.69) is 6.92 Å². The first-order chi connectivity index (χ1) is 8.90. The molecule has 0 saturated heterocycles. The molecule has 0 spiro atoms. The Morgan fingerprint density at radius 1 is 1.32 bits per heavy atom. The SMILES string of the molecule is C[C@@H]1CCC(Oc2ccc(C(F)(F)F)cc2C=O)C1. The highest BCUT2D eigenvalue weighted by molar-refractivity contribution is 5.79. The van der Waals surface area contributed by atoms with Gasteiger partial charge in [-0.2, -0.15) is 13.2 Å². The van der Waals surface area contributed by atoms with E-state index in [4.69, 9.17) is 4.74 Å². The van der Waals surface area contributed by atoms with Crippen LogP contribution in [0.25, 0.3) is 0 Å². The van der Waals surface area contributed by atoms with Gasteiger partial charge in [0, 0.05) is 0 Å². The van der Waals surface area contributed by atoms with Crippen molar-refractivity contribution in [3.8, 4) is 5.75 Å². The lowest BCUT2D eigenvalue weighted by atomic mass is 10.1. The second kappa shape index (κ2) is 5.23. The van der Waals surface area contributed by atoms with Crippen molar-refractivity contribution in [3.63, 3.8) is 0 Å². The number of aldehydes is 1. The van der Waals surface area contributed by atoms with Gasteiger partial charge in [-0.1, -0.05) is 6.92 Å². The summed E-state index contributed by atoms with van der Waals surface area (Å²) in [4.78, 5) is 10.9. The molecule has 5 heteroatoms. The first-order valence-corrected chi connectivity index (χ1v) is 6.23. The second-order valence-electron chi connectivity index (χ2n) is 5.03. The minimum absolute atomic E-state index is 0.00885. The average Bonchev–Trinajstić information content (AvgIpc) is 2.74. The summed E-state index contributed by atoms with van der Waals surface area (Å²) in [7, 11) is 0. The maximum absolute atomic E-state index is 12.5. The van der Waals surface area contributed by atoms with Gasteiger partial charge in [0.25, 0.3) is 0 Å². The monoisotopic (exact) mass is 272 g/mol. The van der Waals surface area contributed by atoms with Crippen LogP contribution in [0.5, 0.6) is 5.75 Å². The first-order valence-electron chi connectivity index (χ1n) is 6.23. The lowest BCUT2D eigenvalue weighted by Gasteiger charge is -2.16. The molecule has 1 aliphatic rings. The van der Waals surface area contributed by atoms with Crippen molar-refractivity contribution in [2.24, 2.45) is 5.92 Å². The molecule has 0 heterocycles. The molecule has 1 saturated carbocycles. The molecule has 0 aromatic heterocycles. The average molecular weight is 272 g/mol. The van der Waals surface area contributed by atoms with E-state index >= 15 is 0 Å². The van der Waals surface area contributed by atoms with Crippen LogP contribution >= 0.6 is 0 Å². The summed E-state index contributed by atoms with van der Waals surface area (Å²) in [6, 6.07) is 3.01. The van der Waals surface area contributed by atoms with Gasteiger partial charge in [-0.05, 0) is 43.4 Å². The van der Waals surface area contributed by atoms with Gasteiger partial charge in [-0.3, -0.25) is 4.79 Å². The van der Waals surface area contributed by atoms with Gasteiger partial charge in [-0.25, -0.2) is 0 Å². The molecule has 1 aromatic rings. The summed E-state index contributed by atoms with van der Waals surface area (Å²) >= 11 is 0. The summed E-state index contributed by atoms with van der Waals surface area (Å²) in [5, 5.41) is 0. The molecule has 2 nitrogen and oxygen atoms in total. The van der Waals surface area contributed by atoms with Crippen LogP contribution in [-0.2, 0) is 6.18 Å². The number of rotatable bonds is 3. The van der Waals surface area contributed by atoms with Crippen molar-refractivity contribution in [1.29, 1.82) is 0 Å². The van der Waals surface area contributed by atoms with Crippen molar-refractivity contribution in [2.45, 2.75) is 38.5 Å². The molecular formula is C14H15F3O2. The highest BCUT2D eigenvalue weighted by Gasteiger charge is 2.31. The quantitative estimate of drug-likeness (QED) is 0.775. The minimum atomic E-state index is -4.45. The second-order valence-corrected chi connectivity index (χ2v) is 5.03. The van der Waals surface area contributed by atoms with Crippen molar-refractivity contribution < 1.29 is 22.7 Å². The number of benzene rings is 1. The van der Waals surface area contributed by atoms with E-state index in [0.717, 1.165) is 31.4 Å². The Morgan fingerprint density at radius 2 is 2.05 bits per heavy atom. The predicted octanol–water partition coefficient (Wildman–Crippen LogP) is 4.09. The maximum Gasteiger partial charge on any atom is 0.416 e. The standard InChI is InChI=1S/C14H15F3O2/c1-9-2-4-12(6-9)19-13-5-3-11(14(15,16)17)7-10(13)8-18/h3,5,7-9,12H,2,4,6H2,1H3/t9-,12?/m1/s1. The first kappa shape index (κ1) is 13.9. The Morgan fingerprint density at radius 3 is 2.58 bits per heavy atom. The maximum atomic E-state index is 12.5. The molecule has 2 rings (SSSR count). The highest BCUT2D eigenvalue weighted by atomic mass is 19.4. The zero-order chi connectivity index (χ0) is 14.0. The molecular weight excluding hydrogens is 257 g/mol. The highest BCUT2D eigenvalue weighted by Crippen LogP contribution is 2.34. The summed E-state index contributed by atoms with van der Waals surface area (Å²) in [5.41, 5.74) is -0.879. The number of carbonyl (C=O) groups is 1. The van der Waals surface area contributed by atoms with E-state index in [-0.39, 0.29) is 17.4 Å². The molecule has 0 N–H and O–H groups in total. The van der Waals surface area contributed by atoms with Gasteiger partial charge in [0.2, 0.25) is 0 Å². The van der Waals surface area contributed by atoms with E-state index in [1.165, 1.54) is 6.07 Å². The van der Waals surface area contributed by atoms with Crippen LogP contribution in [0.15, 0.2) is 18.2 Å². The van der Waals surface area contributed by atoms with E-state index < -0.39 is 11.7 Å². The summed E-state index contributed by atoms with van der Waals surface area (Å²) in [6.45, 7) is 2.11. The molecule has 0 radical (unpaired) electrons. The Labute approximate surface area is 109 Å². The Kier molecular flexibility index (Phi) is 3.83. The molecule has 0 bridgehead atoms. The van der Waals surface area contributed by atoms with Gasteiger partial charge in [-0.15, -0.1) is 0 Å². The zero-order valence-electron chi connectivity index (χ0n) is 10.5. The summed E-state index contributed by atoms with van der Waals surface area (Å²) in [6.07, 6.45) is -1.26. The number of ether oxygens (including phenoxy) is 1. The van der Waals surface area contributed by atoms with Crippen LogP contribution in [0.2, 0.25) is 0 Å². The predicted molar refractivity (Wildman–Crippen MR) is 64.3 cm³/mol. The third-order valence-corrected chi connectivity index (χ3v) is 3.40. The van der Waals surface area contributed by atoms with Gasteiger partial charge in [0.15, 0.2) is 6.29 Å². The third kappa shape index (κ3) is 3.28. The minimum Gasteiger partial charge on any atom is -0.490 e. The fourth-order valence-electron chi connectivity index (χ4n) is 2.37. The van der Waals surface area contributed by atoms with Crippen LogP contribution in [0, 0.1) is 5.92 Å². The third-order valence-electron chi connectivity index (χ3n) is 3.40. The number of hydrogen-bond acceptors (Lipinski definition) is 2. The topological polar surface area (TPSA) is 26.3 Å². The molecule has 2 atom stereocenters. The molecule has 1 unspecified atom stereocenters. The fraction of sp³-hybridized carbons (Fsp3) is 0.500. The molecule has 1 aliphatic carbocycles. The zero-order valence-corrected chi connectivity index (χ0v) is 10.5. The smallest absolute Gasteiger partial charge is 0.416 e. The lowest BCUT2D eigenvalue weighted by Crippen LogP contribution is -2.14. The number of halogens is 3. The van der Waals surface area contributed by atoms with Crippen molar-refractivity contribution in [1.82, 2.24) is 0 Å². The van der Waals surface area contributed by atoms with Crippen LogP contribution in [-0.4, -0.2) is 12.4 Å².